The van der Waals surface area contributed by atoms with E-state index in [1.165, 1.54) is 16.8 Å². The molecule has 0 unspecified atom stereocenters. The summed E-state index contributed by atoms with van der Waals surface area (Å²) >= 11 is 0. The van der Waals surface area contributed by atoms with Gasteiger partial charge in [0.1, 0.15) is 17.7 Å². The number of ketones is 1. The van der Waals surface area contributed by atoms with Crippen molar-refractivity contribution in [3.05, 3.63) is 71.8 Å². The normalized spacial score (nSPS) is 16.2. The zero-order valence-corrected chi connectivity index (χ0v) is 21.3. The quantitative estimate of drug-likeness (QED) is 0.408. The van der Waals surface area contributed by atoms with Crippen molar-refractivity contribution < 1.29 is 28.7 Å². The fraction of sp³-hybridized carbons (Fsp3) is 0.429. The third-order valence-corrected chi connectivity index (χ3v) is 5.96. The SMILES string of the molecule is CN(C(=O)OC(C)(C)C)[C@@H](Cc1ccccc1)C(=O)N1CCC[C@H]1C(=O)OCC(=O)c1ccccc1. The Morgan fingerprint density at radius 3 is 2.22 bits per heavy atom. The Labute approximate surface area is 212 Å². The molecule has 1 heterocycles. The van der Waals surface area contributed by atoms with Crippen molar-refractivity contribution in [3.8, 4) is 0 Å². The van der Waals surface area contributed by atoms with Crippen LogP contribution >= 0.6 is 0 Å². The lowest BCUT2D eigenvalue weighted by Gasteiger charge is -2.34. The topological polar surface area (TPSA) is 93.2 Å². The van der Waals surface area contributed by atoms with Crippen LogP contribution in [0.1, 0.15) is 49.5 Å². The van der Waals surface area contributed by atoms with Crippen LogP contribution in [-0.2, 0) is 25.5 Å². The van der Waals surface area contributed by atoms with E-state index in [-0.39, 0.29) is 18.1 Å². The van der Waals surface area contributed by atoms with Gasteiger partial charge in [-0.05, 0) is 39.2 Å². The maximum Gasteiger partial charge on any atom is 0.410 e. The number of carbonyl (C=O) groups excluding carboxylic acids is 4. The highest BCUT2D eigenvalue weighted by Crippen LogP contribution is 2.23. The molecule has 0 aromatic heterocycles. The lowest BCUT2D eigenvalue weighted by atomic mass is 10.0. The summed E-state index contributed by atoms with van der Waals surface area (Å²) in [7, 11) is 1.53. The summed E-state index contributed by atoms with van der Waals surface area (Å²) in [5, 5.41) is 0. The van der Waals surface area contributed by atoms with E-state index in [1.54, 1.807) is 51.1 Å². The van der Waals surface area contributed by atoms with Crippen LogP contribution < -0.4 is 0 Å². The van der Waals surface area contributed by atoms with Crippen molar-refractivity contribution in [2.24, 2.45) is 0 Å². The van der Waals surface area contributed by atoms with E-state index in [4.69, 9.17) is 9.47 Å². The summed E-state index contributed by atoms with van der Waals surface area (Å²) in [6, 6.07) is 16.3. The van der Waals surface area contributed by atoms with Gasteiger partial charge in [-0.3, -0.25) is 14.5 Å². The Morgan fingerprint density at radius 2 is 1.61 bits per heavy atom. The smallest absolute Gasteiger partial charge is 0.410 e. The number of rotatable bonds is 8. The molecule has 0 N–H and O–H groups in total. The second kappa shape index (κ2) is 11.8. The lowest BCUT2D eigenvalue weighted by Crippen LogP contribution is -2.54. The summed E-state index contributed by atoms with van der Waals surface area (Å²) in [4.78, 5) is 54.6. The molecule has 3 rings (SSSR count). The van der Waals surface area contributed by atoms with Crippen molar-refractivity contribution in [1.29, 1.82) is 0 Å². The monoisotopic (exact) mass is 494 g/mol. The first-order valence-corrected chi connectivity index (χ1v) is 12.1. The van der Waals surface area contributed by atoms with Crippen LogP contribution in [0.5, 0.6) is 0 Å². The van der Waals surface area contributed by atoms with E-state index < -0.39 is 36.4 Å². The second-order valence-electron chi connectivity index (χ2n) is 9.88. The van der Waals surface area contributed by atoms with Crippen LogP contribution in [-0.4, -0.2) is 71.4 Å². The Kier molecular flexibility index (Phi) is 8.85. The summed E-state index contributed by atoms with van der Waals surface area (Å²) < 4.78 is 10.8. The first-order valence-electron chi connectivity index (χ1n) is 12.1. The van der Waals surface area contributed by atoms with Crippen LogP contribution in [0.15, 0.2) is 60.7 Å². The van der Waals surface area contributed by atoms with E-state index in [1.807, 2.05) is 30.3 Å². The molecule has 2 amide bonds. The number of amides is 2. The minimum Gasteiger partial charge on any atom is -0.456 e. The Hall–Kier alpha value is -3.68. The molecule has 2 aromatic carbocycles. The number of Topliss-reactive ketones (excluding diaryl/α,β-unsaturated/α-hetero) is 1. The van der Waals surface area contributed by atoms with Gasteiger partial charge in [0.05, 0.1) is 0 Å². The van der Waals surface area contributed by atoms with Crippen LogP contribution in [0.4, 0.5) is 4.79 Å². The van der Waals surface area contributed by atoms with Gasteiger partial charge in [0.25, 0.3) is 0 Å². The van der Waals surface area contributed by atoms with Gasteiger partial charge >= 0.3 is 12.1 Å². The molecule has 192 valence electrons. The van der Waals surface area contributed by atoms with Crippen molar-refractivity contribution in [2.45, 2.75) is 57.7 Å². The van der Waals surface area contributed by atoms with Gasteiger partial charge in [-0.15, -0.1) is 0 Å². The third kappa shape index (κ3) is 7.16. The third-order valence-electron chi connectivity index (χ3n) is 5.96. The molecular formula is C28H34N2O6. The lowest BCUT2D eigenvalue weighted by molar-refractivity contribution is -0.153. The van der Waals surface area contributed by atoms with Crippen LogP contribution in [0.3, 0.4) is 0 Å². The van der Waals surface area contributed by atoms with Crippen LogP contribution in [0, 0.1) is 0 Å². The molecule has 0 bridgehead atoms. The summed E-state index contributed by atoms with van der Waals surface area (Å²) in [5.74, 6) is -1.30. The number of benzene rings is 2. The number of carbonyl (C=O) groups is 4. The number of hydrogen-bond donors (Lipinski definition) is 0. The molecule has 8 heteroatoms. The molecule has 0 aliphatic carbocycles. The van der Waals surface area contributed by atoms with E-state index in [0.29, 0.717) is 24.9 Å². The minimum absolute atomic E-state index is 0.264. The molecule has 1 aliphatic rings. The molecule has 2 atom stereocenters. The summed E-state index contributed by atoms with van der Waals surface area (Å²) in [6.07, 6.45) is 0.689. The molecule has 1 saturated heterocycles. The first-order chi connectivity index (χ1) is 17.1. The predicted molar refractivity (Wildman–Crippen MR) is 134 cm³/mol. The molecule has 1 aliphatic heterocycles. The number of esters is 1. The van der Waals surface area contributed by atoms with Gasteiger partial charge in [-0.1, -0.05) is 60.7 Å². The van der Waals surface area contributed by atoms with Crippen LogP contribution in [0.25, 0.3) is 0 Å². The number of nitrogens with zero attached hydrogens (tertiary/aromatic N) is 2. The largest absolute Gasteiger partial charge is 0.456 e. The highest BCUT2D eigenvalue weighted by atomic mass is 16.6. The zero-order valence-electron chi connectivity index (χ0n) is 21.3. The van der Waals surface area contributed by atoms with Crippen molar-refractivity contribution >= 4 is 23.8 Å². The average Bonchev–Trinajstić information content (AvgIpc) is 3.35. The van der Waals surface area contributed by atoms with Gasteiger partial charge in [0.2, 0.25) is 5.91 Å². The molecule has 0 radical (unpaired) electrons. The number of ether oxygens (including phenoxy) is 2. The van der Waals surface area contributed by atoms with Crippen molar-refractivity contribution in [2.75, 3.05) is 20.2 Å². The highest BCUT2D eigenvalue weighted by molar-refractivity contribution is 5.98. The zero-order chi connectivity index (χ0) is 26.3. The molecule has 0 saturated carbocycles. The van der Waals surface area contributed by atoms with Gasteiger partial charge in [-0.25, -0.2) is 9.59 Å². The molecule has 8 nitrogen and oxygen atoms in total. The maximum atomic E-state index is 13.7. The molecular weight excluding hydrogens is 460 g/mol. The van der Waals surface area contributed by atoms with E-state index >= 15 is 0 Å². The van der Waals surface area contributed by atoms with Crippen molar-refractivity contribution in [1.82, 2.24) is 9.80 Å². The average molecular weight is 495 g/mol. The Bertz CT molecular complexity index is 1060. The fourth-order valence-electron chi connectivity index (χ4n) is 4.10. The molecule has 2 aromatic rings. The van der Waals surface area contributed by atoms with Gasteiger partial charge in [-0.2, -0.15) is 0 Å². The second-order valence-corrected chi connectivity index (χ2v) is 9.88. The number of likely N-dealkylation sites (N-methyl/N-ethyl adjacent to an activating group) is 1. The summed E-state index contributed by atoms with van der Waals surface area (Å²) in [6.45, 7) is 5.24. The standard InChI is InChI=1S/C28H34N2O6/c1-28(2,3)36-27(34)29(4)23(18-20-12-7-5-8-13-20)25(32)30-17-11-16-22(30)26(33)35-19-24(31)21-14-9-6-10-15-21/h5-10,12-15,22-23H,11,16-19H2,1-4H3/t22-,23-/m0/s1. The van der Waals surface area contributed by atoms with Crippen LogP contribution in [0.2, 0.25) is 0 Å². The molecule has 0 spiro atoms. The number of hydrogen-bond acceptors (Lipinski definition) is 6. The maximum absolute atomic E-state index is 13.7. The summed E-state index contributed by atoms with van der Waals surface area (Å²) in [5.41, 5.74) is 0.598. The van der Waals surface area contributed by atoms with E-state index in [2.05, 4.69) is 0 Å². The first kappa shape index (κ1) is 26.9. The minimum atomic E-state index is -0.874. The van der Waals surface area contributed by atoms with E-state index in [0.717, 1.165) is 5.56 Å². The molecule has 1 fully saturated rings. The Morgan fingerprint density at radius 1 is 1.00 bits per heavy atom. The Balaban J connectivity index is 1.74. The van der Waals surface area contributed by atoms with Crippen molar-refractivity contribution in [3.63, 3.8) is 0 Å². The van der Waals surface area contributed by atoms with Gasteiger partial charge < -0.3 is 14.4 Å². The predicted octanol–water partition coefficient (Wildman–Crippen LogP) is 3.88. The molecule has 36 heavy (non-hydrogen) atoms. The number of likely N-dealkylation sites (tertiary alicyclic amines) is 1. The highest BCUT2D eigenvalue weighted by Gasteiger charge is 2.41. The van der Waals surface area contributed by atoms with Gasteiger partial charge in [0, 0.05) is 25.6 Å². The van der Waals surface area contributed by atoms with Gasteiger partial charge in [0.15, 0.2) is 12.4 Å². The fourth-order valence-corrected chi connectivity index (χ4v) is 4.10. The van der Waals surface area contributed by atoms with E-state index in [9.17, 15) is 19.2 Å².